The molecule has 2 aromatic carbocycles. The molecule has 0 aromatic heterocycles. The Kier molecular flexibility index (Phi) is 5.20. The SMILES string of the molecule is COc1ccc(OC)c(NC(=O)CN2C(=O)[C@@H]3CCCC3=Nc3ccccc32)c1. The summed E-state index contributed by atoms with van der Waals surface area (Å²) in [6, 6.07) is 12.6. The average molecular weight is 393 g/mol. The van der Waals surface area contributed by atoms with Crippen LogP contribution in [-0.4, -0.2) is 38.3 Å². The lowest BCUT2D eigenvalue weighted by Crippen LogP contribution is -2.41. The molecule has 7 heteroatoms. The van der Waals surface area contributed by atoms with E-state index in [9.17, 15) is 9.59 Å². The molecule has 1 N–H and O–H groups in total. The van der Waals surface area contributed by atoms with Gasteiger partial charge < -0.3 is 19.7 Å². The van der Waals surface area contributed by atoms with Crippen LogP contribution in [0.4, 0.5) is 17.1 Å². The Labute approximate surface area is 169 Å². The average Bonchev–Trinajstić information content (AvgIpc) is 3.16. The molecule has 0 saturated heterocycles. The number of amides is 2. The van der Waals surface area contributed by atoms with Crippen molar-refractivity contribution in [3.63, 3.8) is 0 Å². The van der Waals surface area contributed by atoms with Gasteiger partial charge in [-0.2, -0.15) is 0 Å². The molecule has 2 aromatic rings. The number of nitrogens with one attached hydrogen (secondary N) is 1. The second-order valence-corrected chi connectivity index (χ2v) is 7.08. The number of anilines is 2. The Morgan fingerprint density at radius 1 is 1.21 bits per heavy atom. The van der Waals surface area contributed by atoms with E-state index in [0.29, 0.717) is 22.9 Å². The highest BCUT2D eigenvalue weighted by Crippen LogP contribution is 2.38. The first-order chi connectivity index (χ1) is 14.1. The number of para-hydroxylation sites is 2. The fourth-order valence-electron chi connectivity index (χ4n) is 3.88. The molecule has 2 aliphatic rings. The van der Waals surface area contributed by atoms with Gasteiger partial charge in [0.15, 0.2) is 0 Å². The molecule has 0 unspecified atom stereocenters. The van der Waals surface area contributed by atoms with Crippen molar-refractivity contribution in [2.75, 3.05) is 31.0 Å². The first-order valence-corrected chi connectivity index (χ1v) is 9.60. The predicted molar refractivity (Wildman–Crippen MR) is 111 cm³/mol. The molecule has 7 nitrogen and oxygen atoms in total. The summed E-state index contributed by atoms with van der Waals surface area (Å²) in [7, 11) is 3.09. The van der Waals surface area contributed by atoms with Crippen molar-refractivity contribution in [2.24, 2.45) is 10.9 Å². The molecule has 150 valence electrons. The summed E-state index contributed by atoms with van der Waals surface area (Å²) in [6.45, 7) is -0.102. The number of hydrogen-bond acceptors (Lipinski definition) is 5. The number of rotatable bonds is 5. The van der Waals surface area contributed by atoms with Crippen molar-refractivity contribution in [1.82, 2.24) is 0 Å². The lowest BCUT2D eigenvalue weighted by molar-refractivity contribution is -0.123. The molecule has 29 heavy (non-hydrogen) atoms. The van der Waals surface area contributed by atoms with Gasteiger partial charge >= 0.3 is 0 Å². The van der Waals surface area contributed by atoms with Crippen LogP contribution in [0, 0.1) is 5.92 Å². The van der Waals surface area contributed by atoms with Gasteiger partial charge in [-0.05, 0) is 43.5 Å². The Balaban J connectivity index is 1.60. The van der Waals surface area contributed by atoms with Crippen LogP contribution in [0.1, 0.15) is 19.3 Å². The molecular formula is C22H23N3O4. The van der Waals surface area contributed by atoms with Crippen molar-refractivity contribution in [3.8, 4) is 11.5 Å². The third-order valence-electron chi connectivity index (χ3n) is 5.31. The van der Waals surface area contributed by atoms with Crippen LogP contribution >= 0.6 is 0 Å². The zero-order valence-corrected chi connectivity index (χ0v) is 16.5. The van der Waals surface area contributed by atoms with Crippen LogP contribution < -0.4 is 19.7 Å². The lowest BCUT2D eigenvalue weighted by Gasteiger charge is -2.24. The predicted octanol–water partition coefficient (Wildman–Crippen LogP) is 3.56. The number of carbonyl (C=O) groups is 2. The van der Waals surface area contributed by atoms with Gasteiger partial charge in [0.05, 0.1) is 37.2 Å². The van der Waals surface area contributed by atoms with Crippen LogP contribution in [0.2, 0.25) is 0 Å². The van der Waals surface area contributed by atoms with Crippen molar-refractivity contribution in [3.05, 3.63) is 42.5 Å². The lowest BCUT2D eigenvalue weighted by atomic mass is 10.1. The topological polar surface area (TPSA) is 80.2 Å². The number of fused-ring (bicyclic) bond motifs is 2. The number of aliphatic imine (C=N–C) groups is 1. The maximum Gasteiger partial charge on any atom is 0.244 e. The second-order valence-electron chi connectivity index (χ2n) is 7.08. The minimum Gasteiger partial charge on any atom is -0.497 e. The number of ether oxygens (including phenoxy) is 2. The summed E-state index contributed by atoms with van der Waals surface area (Å²) in [4.78, 5) is 32.4. The zero-order valence-electron chi connectivity index (χ0n) is 16.5. The second kappa shape index (κ2) is 7.95. The van der Waals surface area contributed by atoms with Gasteiger partial charge in [-0.1, -0.05) is 12.1 Å². The summed E-state index contributed by atoms with van der Waals surface area (Å²) < 4.78 is 10.5. The Morgan fingerprint density at radius 2 is 2.03 bits per heavy atom. The zero-order chi connectivity index (χ0) is 20.4. The van der Waals surface area contributed by atoms with Crippen molar-refractivity contribution >= 4 is 34.6 Å². The van der Waals surface area contributed by atoms with E-state index in [1.54, 1.807) is 30.2 Å². The highest BCUT2D eigenvalue weighted by molar-refractivity contribution is 6.16. The number of hydrogen-bond donors (Lipinski definition) is 1. The van der Waals surface area contributed by atoms with Crippen molar-refractivity contribution in [1.29, 1.82) is 0 Å². The van der Waals surface area contributed by atoms with Crippen LogP contribution in [0.15, 0.2) is 47.5 Å². The minimum atomic E-state index is -0.318. The van der Waals surface area contributed by atoms with E-state index in [0.717, 1.165) is 30.7 Å². The van der Waals surface area contributed by atoms with Crippen LogP contribution in [-0.2, 0) is 9.59 Å². The molecule has 1 aliphatic carbocycles. The molecule has 1 heterocycles. The Hall–Kier alpha value is -3.35. The van der Waals surface area contributed by atoms with E-state index in [1.807, 2.05) is 24.3 Å². The fraction of sp³-hybridized carbons (Fsp3) is 0.318. The van der Waals surface area contributed by atoms with Gasteiger partial charge in [-0.25, -0.2) is 0 Å². The van der Waals surface area contributed by atoms with Crippen molar-refractivity contribution in [2.45, 2.75) is 19.3 Å². The number of nitrogens with zero attached hydrogens (tertiary/aromatic N) is 2. The van der Waals surface area contributed by atoms with Gasteiger partial charge in [0.25, 0.3) is 0 Å². The van der Waals surface area contributed by atoms with E-state index < -0.39 is 0 Å². The van der Waals surface area contributed by atoms with Gasteiger partial charge in [0.2, 0.25) is 11.8 Å². The molecule has 1 atom stereocenters. The first kappa shape index (κ1) is 19.0. The molecule has 2 amide bonds. The van der Waals surface area contributed by atoms with Gasteiger partial charge in [0.1, 0.15) is 18.0 Å². The summed E-state index contributed by atoms with van der Waals surface area (Å²) in [5, 5.41) is 2.84. The van der Waals surface area contributed by atoms with E-state index in [4.69, 9.17) is 14.5 Å². The Bertz CT molecular complexity index is 986. The molecule has 0 spiro atoms. The van der Waals surface area contributed by atoms with Gasteiger partial charge in [0, 0.05) is 11.8 Å². The maximum atomic E-state index is 13.2. The highest BCUT2D eigenvalue weighted by atomic mass is 16.5. The summed E-state index contributed by atoms with van der Waals surface area (Å²) >= 11 is 0. The van der Waals surface area contributed by atoms with Gasteiger partial charge in [-0.15, -0.1) is 0 Å². The fourth-order valence-corrected chi connectivity index (χ4v) is 3.88. The molecule has 1 fully saturated rings. The molecule has 1 saturated carbocycles. The van der Waals surface area contributed by atoms with Crippen LogP contribution in [0.5, 0.6) is 11.5 Å². The number of carbonyl (C=O) groups excluding carboxylic acids is 2. The normalized spacial score (nSPS) is 17.7. The summed E-state index contributed by atoms with van der Waals surface area (Å²) in [5.41, 5.74) is 2.80. The van der Waals surface area contributed by atoms with Gasteiger partial charge in [-0.3, -0.25) is 14.6 Å². The quantitative estimate of drug-likeness (QED) is 0.842. The third-order valence-corrected chi connectivity index (χ3v) is 5.31. The first-order valence-electron chi connectivity index (χ1n) is 9.60. The van der Waals surface area contributed by atoms with Crippen LogP contribution in [0.25, 0.3) is 0 Å². The summed E-state index contributed by atoms with van der Waals surface area (Å²) in [5.74, 6) is 0.478. The monoisotopic (exact) mass is 393 g/mol. The van der Waals surface area contributed by atoms with E-state index in [-0.39, 0.29) is 24.3 Å². The minimum absolute atomic E-state index is 0.0704. The molecular weight excluding hydrogens is 370 g/mol. The maximum absolute atomic E-state index is 13.2. The molecule has 1 aliphatic heterocycles. The van der Waals surface area contributed by atoms with E-state index in [1.165, 1.54) is 7.11 Å². The molecule has 4 rings (SSSR count). The molecule has 0 radical (unpaired) electrons. The Morgan fingerprint density at radius 3 is 2.83 bits per heavy atom. The smallest absolute Gasteiger partial charge is 0.244 e. The summed E-state index contributed by atoms with van der Waals surface area (Å²) in [6.07, 6.45) is 2.54. The van der Waals surface area contributed by atoms with E-state index >= 15 is 0 Å². The standard InChI is InChI=1S/C22H23N3O4/c1-28-14-10-11-20(29-2)18(12-14)24-21(26)13-25-19-9-4-3-7-17(19)23-16-8-5-6-15(16)22(25)27/h3-4,7,9-12,15H,5-6,8,13H2,1-2H3,(H,24,26)/t15-/m1/s1. The number of methoxy groups -OCH3 is 2. The number of benzene rings is 2. The highest BCUT2D eigenvalue weighted by Gasteiger charge is 2.37. The van der Waals surface area contributed by atoms with Crippen molar-refractivity contribution < 1.29 is 19.1 Å². The van der Waals surface area contributed by atoms with E-state index in [2.05, 4.69) is 5.32 Å². The largest absolute Gasteiger partial charge is 0.497 e. The third kappa shape index (κ3) is 3.68. The molecule has 0 bridgehead atoms. The van der Waals surface area contributed by atoms with Crippen LogP contribution in [0.3, 0.4) is 0 Å².